The zero-order valence-corrected chi connectivity index (χ0v) is 16.2. The number of nitrogens with one attached hydrogen (secondary N) is 2. The van der Waals surface area contributed by atoms with E-state index in [1.807, 2.05) is 6.92 Å². The highest BCUT2D eigenvalue weighted by Crippen LogP contribution is 2.23. The number of hydroxylamine groups is 1. The molecule has 1 aliphatic heterocycles. The average Bonchev–Trinajstić information content (AvgIpc) is 3.17. The van der Waals surface area contributed by atoms with Crippen molar-refractivity contribution in [1.82, 2.24) is 14.8 Å². The number of anilines is 1. The predicted octanol–water partition coefficient (Wildman–Crippen LogP) is 1.78. The van der Waals surface area contributed by atoms with E-state index >= 15 is 0 Å². The number of hydrogen-bond donors (Lipinski definition) is 3. The van der Waals surface area contributed by atoms with E-state index in [0.717, 1.165) is 5.56 Å². The highest BCUT2D eigenvalue weighted by atomic mass is 32.2. The van der Waals surface area contributed by atoms with Crippen molar-refractivity contribution in [1.29, 1.82) is 0 Å². The summed E-state index contributed by atoms with van der Waals surface area (Å²) < 4.78 is 27.0. The smallest absolute Gasteiger partial charge is 0.267 e. The van der Waals surface area contributed by atoms with Crippen LogP contribution in [0.15, 0.2) is 53.6 Å². The normalized spacial score (nSPS) is 17.7. The molecule has 0 unspecified atom stereocenters. The van der Waals surface area contributed by atoms with Crippen LogP contribution in [0.5, 0.6) is 0 Å². The molecule has 28 heavy (non-hydrogen) atoms. The van der Waals surface area contributed by atoms with E-state index in [9.17, 15) is 13.2 Å². The van der Waals surface area contributed by atoms with Crippen LogP contribution in [0.4, 0.5) is 5.82 Å². The van der Waals surface area contributed by atoms with Crippen LogP contribution in [0.1, 0.15) is 17.5 Å². The van der Waals surface area contributed by atoms with Gasteiger partial charge in [0, 0.05) is 31.4 Å². The number of sulfonamides is 1. The molecule has 0 spiro atoms. The quantitative estimate of drug-likeness (QED) is 0.386. The Balaban J connectivity index is 1.61. The molecule has 1 aliphatic rings. The SMILES string of the molecule is Cc1ccc(S(=O)(=O)N2CC[C@@H](Nc3ccc(/C=C/C(=O)NO)cn3)C2)cc1. The van der Waals surface area contributed by atoms with Crippen LogP contribution >= 0.6 is 0 Å². The maximum atomic E-state index is 12.8. The fourth-order valence-electron chi connectivity index (χ4n) is 2.93. The Bertz CT molecular complexity index is 956. The average molecular weight is 402 g/mol. The molecular weight excluding hydrogens is 380 g/mol. The number of amides is 1. The fourth-order valence-corrected chi connectivity index (χ4v) is 4.43. The Hall–Kier alpha value is -2.75. The summed E-state index contributed by atoms with van der Waals surface area (Å²) in [4.78, 5) is 15.6. The van der Waals surface area contributed by atoms with Gasteiger partial charge in [-0.15, -0.1) is 0 Å². The standard InChI is InChI=1S/C19H22N4O4S/c1-14-2-6-17(7-3-14)28(26,27)23-11-10-16(13-23)21-18-8-4-15(12-20-18)5-9-19(24)22-25/h2-9,12,16,25H,10-11,13H2,1H3,(H,20,21)(H,22,24)/b9-5+/t16-/m1/s1. The van der Waals surface area contributed by atoms with Crippen LogP contribution in [0.2, 0.25) is 0 Å². The van der Waals surface area contributed by atoms with Crippen molar-refractivity contribution in [2.24, 2.45) is 0 Å². The molecule has 1 atom stereocenters. The minimum atomic E-state index is -3.50. The van der Waals surface area contributed by atoms with Gasteiger partial charge in [-0.1, -0.05) is 17.7 Å². The van der Waals surface area contributed by atoms with Crippen molar-refractivity contribution in [2.45, 2.75) is 24.3 Å². The van der Waals surface area contributed by atoms with Gasteiger partial charge in [0.1, 0.15) is 5.82 Å². The van der Waals surface area contributed by atoms with Crippen molar-refractivity contribution >= 4 is 27.8 Å². The van der Waals surface area contributed by atoms with Crippen LogP contribution < -0.4 is 10.8 Å². The molecule has 9 heteroatoms. The Morgan fingerprint density at radius 3 is 2.64 bits per heavy atom. The van der Waals surface area contributed by atoms with Crippen molar-refractivity contribution in [3.05, 3.63) is 59.8 Å². The van der Waals surface area contributed by atoms with E-state index in [1.165, 1.54) is 21.9 Å². The predicted molar refractivity (Wildman–Crippen MR) is 105 cm³/mol. The van der Waals surface area contributed by atoms with Gasteiger partial charge in [-0.05, 0) is 49.2 Å². The maximum absolute atomic E-state index is 12.8. The number of aromatic nitrogens is 1. The Morgan fingerprint density at radius 2 is 2.00 bits per heavy atom. The molecule has 1 saturated heterocycles. The van der Waals surface area contributed by atoms with E-state index in [1.54, 1.807) is 42.6 Å². The number of benzene rings is 1. The highest BCUT2D eigenvalue weighted by Gasteiger charge is 2.32. The second-order valence-electron chi connectivity index (χ2n) is 6.59. The molecular formula is C19H22N4O4S. The lowest BCUT2D eigenvalue weighted by Gasteiger charge is -2.17. The zero-order chi connectivity index (χ0) is 20.1. The third-order valence-corrected chi connectivity index (χ3v) is 6.36. The zero-order valence-electron chi connectivity index (χ0n) is 15.4. The van der Waals surface area contributed by atoms with Crippen LogP contribution in [0.25, 0.3) is 6.08 Å². The highest BCUT2D eigenvalue weighted by molar-refractivity contribution is 7.89. The lowest BCUT2D eigenvalue weighted by atomic mass is 10.2. The van der Waals surface area contributed by atoms with E-state index in [-0.39, 0.29) is 6.04 Å². The molecule has 0 bridgehead atoms. The van der Waals surface area contributed by atoms with E-state index in [2.05, 4.69) is 10.3 Å². The first-order valence-electron chi connectivity index (χ1n) is 8.80. The molecule has 1 aromatic carbocycles. The molecule has 0 saturated carbocycles. The second-order valence-corrected chi connectivity index (χ2v) is 8.53. The summed E-state index contributed by atoms with van der Waals surface area (Å²) in [7, 11) is -3.50. The lowest BCUT2D eigenvalue weighted by Crippen LogP contribution is -2.31. The number of carbonyl (C=O) groups excluding carboxylic acids is 1. The summed E-state index contributed by atoms with van der Waals surface area (Å²) in [6.45, 7) is 2.74. The molecule has 2 aromatic rings. The van der Waals surface area contributed by atoms with E-state index in [4.69, 9.17) is 5.21 Å². The molecule has 3 rings (SSSR count). The van der Waals surface area contributed by atoms with Gasteiger partial charge in [0.25, 0.3) is 5.91 Å². The van der Waals surface area contributed by atoms with Gasteiger partial charge in [0.05, 0.1) is 4.90 Å². The number of nitrogens with zero attached hydrogens (tertiary/aromatic N) is 2. The van der Waals surface area contributed by atoms with Crippen LogP contribution in [0.3, 0.4) is 0 Å². The number of carbonyl (C=O) groups is 1. The first-order chi connectivity index (χ1) is 13.4. The Kier molecular flexibility index (Phi) is 6.08. The first-order valence-corrected chi connectivity index (χ1v) is 10.2. The van der Waals surface area contributed by atoms with Crippen molar-refractivity contribution in [3.8, 4) is 0 Å². The number of hydrogen-bond acceptors (Lipinski definition) is 6. The maximum Gasteiger partial charge on any atom is 0.267 e. The van der Waals surface area contributed by atoms with Gasteiger partial charge in [0.2, 0.25) is 10.0 Å². The van der Waals surface area contributed by atoms with Gasteiger partial charge in [-0.2, -0.15) is 4.31 Å². The topological polar surface area (TPSA) is 112 Å². The first kappa shape index (κ1) is 20.0. The minimum absolute atomic E-state index is 0.0331. The second kappa shape index (κ2) is 8.51. The van der Waals surface area contributed by atoms with Crippen LogP contribution in [0, 0.1) is 6.92 Å². The molecule has 0 aliphatic carbocycles. The molecule has 2 heterocycles. The van der Waals surface area contributed by atoms with Crippen LogP contribution in [-0.2, 0) is 14.8 Å². The minimum Gasteiger partial charge on any atom is -0.366 e. The molecule has 1 amide bonds. The largest absolute Gasteiger partial charge is 0.366 e. The van der Waals surface area contributed by atoms with Gasteiger partial charge in [-0.25, -0.2) is 18.9 Å². The molecule has 1 aromatic heterocycles. The number of aryl methyl sites for hydroxylation is 1. The van der Waals surface area contributed by atoms with Gasteiger partial charge >= 0.3 is 0 Å². The number of rotatable bonds is 6. The van der Waals surface area contributed by atoms with Crippen molar-refractivity contribution in [2.75, 3.05) is 18.4 Å². The van der Waals surface area contributed by atoms with E-state index in [0.29, 0.717) is 35.8 Å². The fraction of sp³-hybridized carbons (Fsp3) is 0.263. The lowest BCUT2D eigenvalue weighted by molar-refractivity contribution is -0.124. The van der Waals surface area contributed by atoms with Crippen molar-refractivity contribution in [3.63, 3.8) is 0 Å². The van der Waals surface area contributed by atoms with Gasteiger partial charge in [0.15, 0.2) is 0 Å². The summed E-state index contributed by atoms with van der Waals surface area (Å²) in [6, 6.07) is 10.4. The third-order valence-electron chi connectivity index (χ3n) is 4.49. The summed E-state index contributed by atoms with van der Waals surface area (Å²) in [5.41, 5.74) is 3.23. The summed E-state index contributed by atoms with van der Waals surface area (Å²) in [5.74, 6) is 0.00591. The molecule has 3 N–H and O–H groups in total. The Morgan fingerprint density at radius 1 is 1.25 bits per heavy atom. The number of pyridine rings is 1. The molecule has 148 valence electrons. The third kappa shape index (κ3) is 4.75. The van der Waals surface area contributed by atoms with Crippen LogP contribution in [-0.4, -0.2) is 48.0 Å². The van der Waals surface area contributed by atoms with Crippen molar-refractivity contribution < 1.29 is 18.4 Å². The molecule has 8 nitrogen and oxygen atoms in total. The molecule has 1 fully saturated rings. The van der Waals surface area contributed by atoms with Gasteiger partial charge in [-0.3, -0.25) is 10.0 Å². The van der Waals surface area contributed by atoms with E-state index < -0.39 is 15.9 Å². The van der Waals surface area contributed by atoms with Gasteiger partial charge < -0.3 is 5.32 Å². The summed E-state index contributed by atoms with van der Waals surface area (Å²) in [6.07, 6.45) is 4.98. The Labute approximate surface area is 163 Å². The monoisotopic (exact) mass is 402 g/mol. The summed E-state index contributed by atoms with van der Waals surface area (Å²) in [5, 5.41) is 11.7. The summed E-state index contributed by atoms with van der Waals surface area (Å²) >= 11 is 0. The molecule has 0 radical (unpaired) electrons.